The van der Waals surface area contributed by atoms with E-state index in [9.17, 15) is 9.18 Å². The Bertz CT molecular complexity index is 693. The van der Waals surface area contributed by atoms with Crippen LogP contribution in [0.4, 0.5) is 4.39 Å². The second-order valence-electron chi connectivity index (χ2n) is 6.18. The highest BCUT2D eigenvalue weighted by molar-refractivity contribution is 5.97. The lowest BCUT2D eigenvalue weighted by Gasteiger charge is -2.32. The molecule has 2 N–H and O–H groups in total. The molecule has 1 saturated heterocycles. The van der Waals surface area contributed by atoms with Gasteiger partial charge in [-0.15, -0.1) is 0 Å². The first-order chi connectivity index (χ1) is 11.1. The van der Waals surface area contributed by atoms with Gasteiger partial charge in [0.25, 0.3) is 0 Å². The average Bonchev–Trinajstić information content (AvgIpc) is 2.93. The van der Waals surface area contributed by atoms with Crippen LogP contribution in [0.25, 0.3) is 0 Å². The number of halogens is 1. The topological polar surface area (TPSA) is 57.8 Å². The fraction of sp³-hybridized carbons (Fsp3) is 0.444. The summed E-state index contributed by atoms with van der Waals surface area (Å²) >= 11 is 0. The van der Waals surface area contributed by atoms with Crippen molar-refractivity contribution in [1.82, 2.24) is 15.5 Å². The van der Waals surface area contributed by atoms with Crippen molar-refractivity contribution >= 4 is 5.78 Å². The zero-order valence-corrected chi connectivity index (χ0v) is 13.5. The van der Waals surface area contributed by atoms with Gasteiger partial charge in [0.05, 0.1) is 0 Å². The zero-order chi connectivity index (χ0) is 16.4. The Kier molecular flexibility index (Phi) is 4.57. The van der Waals surface area contributed by atoms with Crippen molar-refractivity contribution in [2.24, 2.45) is 0 Å². The largest absolute Gasteiger partial charge is 0.308 e. The van der Waals surface area contributed by atoms with E-state index in [2.05, 4.69) is 15.5 Å². The number of hydrogen-bond donors (Lipinski definition) is 2. The van der Waals surface area contributed by atoms with Crippen LogP contribution in [0.1, 0.15) is 39.8 Å². The normalized spacial score (nSPS) is 20.3. The van der Waals surface area contributed by atoms with Crippen LogP contribution in [0.3, 0.4) is 0 Å². The second kappa shape index (κ2) is 6.62. The zero-order valence-electron chi connectivity index (χ0n) is 13.5. The van der Waals surface area contributed by atoms with E-state index in [1.807, 2.05) is 38.1 Å². The first-order valence-corrected chi connectivity index (χ1v) is 8.10. The molecule has 1 aliphatic heterocycles. The van der Waals surface area contributed by atoms with Crippen LogP contribution in [0, 0.1) is 6.92 Å². The van der Waals surface area contributed by atoms with Crippen molar-refractivity contribution in [3.63, 3.8) is 0 Å². The summed E-state index contributed by atoms with van der Waals surface area (Å²) in [7, 11) is 0. The number of ketones is 1. The molecule has 1 aromatic heterocycles. The third kappa shape index (κ3) is 3.34. The van der Waals surface area contributed by atoms with E-state index in [-0.39, 0.29) is 11.8 Å². The van der Waals surface area contributed by atoms with Gasteiger partial charge in [-0.05, 0) is 30.9 Å². The SMILES string of the molecule is CCc1[nH]nc(C(=O)Cc2ccc(C[C@H]3NC[C@H]3F)cc2)c1C. The third-order valence-electron chi connectivity index (χ3n) is 4.58. The lowest BCUT2D eigenvalue weighted by Crippen LogP contribution is -2.55. The molecule has 2 heterocycles. The van der Waals surface area contributed by atoms with Crippen LogP contribution in [0.5, 0.6) is 0 Å². The molecule has 5 heteroatoms. The molecule has 0 unspecified atom stereocenters. The molecule has 3 rings (SSSR count). The first kappa shape index (κ1) is 15.9. The summed E-state index contributed by atoms with van der Waals surface area (Å²) < 4.78 is 13.3. The highest BCUT2D eigenvalue weighted by Crippen LogP contribution is 2.17. The fourth-order valence-corrected chi connectivity index (χ4v) is 2.94. The Morgan fingerprint density at radius 3 is 2.52 bits per heavy atom. The summed E-state index contributed by atoms with van der Waals surface area (Å²) in [6.45, 7) is 4.42. The molecular weight excluding hydrogens is 293 g/mol. The van der Waals surface area contributed by atoms with Gasteiger partial charge in [0, 0.05) is 30.3 Å². The number of aryl methyl sites for hydroxylation is 1. The van der Waals surface area contributed by atoms with Crippen molar-refractivity contribution in [2.45, 2.75) is 45.3 Å². The Hall–Kier alpha value is -2.01. The molecule has 0 radical (unpaired) electrons. The second-order valence-corrected chi connectivity index (χ2v) is 6.18. The molecule has 122 valence electrons. The van der Waals surface area contributed by atoms with Gasteiger partial charge in [0.15, 0.2) is 5.78 Å². The van der Waals surface area contributed by atoms with Crippen LogP contribution in [0.15, 0.2) is 24.3 Å². The predicted molar refractivity (Wildman–Crippen MR) is 87.6 cm³/mol. The minimum atomic E-state index is -0.744. The van der Waals surface area contributed by atoms with E-state index < -0.39 is 6.17 Å². The molecule has 4 nitrogen and oxygen atoms in total. The summed E-state index contributed by atoms with van der Waals surface area (Å²) in [5.41, 5.74) is 4.53. The number of aromatic nitrogens is 2. The Morgan fingerprint density at radius 1 is 1.30 bits per heavy atom. The van der Waals surface area contributed by atoms with Crippen LogP contribution in [-0.2, 0) is 19.3 Å². The maximum atomic E-state index is 13.3. The Morgan fingerprint density at radius 2 is 2.00 bits per heavy atom. The molecule has 2 aromatic rings. The average molecular weight is 315 g/mol. The van der Waals surface area contributed by atoms with E-state index in [0.717, 1.165) is 28.8 Å². The van der Waals surface area contributed by atoms with E-state index in [1.54, 1.807) is 0 Å². The monoisotopic (exact) mass is 315 g/mol. The molecule has 0 saturated carbocycles. The van der Waals surface area contributed by atoms with Crippen molar-refractivity contribution in [2.75, 3.05) is 6.54 Å². The van der Waals surface area contributed by atoms with Gasteiger partial charge >= 0.3 is 0 Å². The quantitative estimate of drug-likeness (QED) is 0.806. The highest BCUT2D eigenvalue weighted by atomic mass is 19.1. The fourth-order valence-electron chi connectivity index (χ4n) is 2.94. The van der Waals surface area contributed by atoms with Crippen molar-refractivity contribution < 1.29 is 9.18 Å². The van der Waals surface area contributed by atoms with Crippen LogP contribution >= 0.6 is 0 Å². The summed E-state index contributed by atoms with van der Waals surface area (Å²) in [5.74, 6) is 0.0238. The van der Waals surface area contributed by atoms with Crippen molar-refractivity contribution in [1.29, 1.82) is 0 Å². The molecule has 2 atom stereocenters. The van der Waals surface area contributed by atoms with Gasteiger partial charge < -0.3 is 5.32 Å². The molecule has 0 aliphatic carbocycles. The van der Waals surface area contributed by atoms with Gasteiger partial charge in [-0.25, -0.2) is 4.39 Å². The van der Waals surface area contributed by atoms with Crippen LogP contribution in [-0.4, -0.2) is 34.7 Å². The van der Waals surface area contributed by atoms with E-state index >= 15 is 0 Å². The summed E-state index contributed by atoms with van der Waals surface area (Å²) in [4.78, 5) is 12.4. The first-order valence-electron chi connectivity index (χ1n) is 8.10. The standard InChI is InChI=1S/C18H22FN3O/c1-3-15-11(2)18(22-21-15)17(23)9-13-6-4-12(5-7-13)8-16-14(19)10-20-16/h4-7,14,16,20H,3,8-10H2,1-2H3,(H,21,22)/t14-,16-/m1/s1. The Labute approximate surface area is 135 Å². The number of hydrogen-bond acceptors (Lipinski definition) is 3. The van der Waals surface area contributed by atoms with Gasteiger partial charge in [0.1, 0.15) is 11.9 Å². The Balaban J connectivity index is 1.63. The third-order valence-corrected chi connectivity index (χ3v) is 4.58. The molecule has 1 aliphatic rings. The summed E-state index contributed by atoms with van der Waals surface area (Å²) in [6.07, 6.45) is 1.12. The molecule has 0 bridgehead atoms. The number of aromatic amines is 1. The molecule has 1 fully saturated rings. The minimum Gasteiger partial charge on any atom is -0.308 e. The maximum Gasteiger partial charge on any atom is 0.187 e. The van der Waals surface area contributed by atoms with E-state index in [1.165, 1.54) is 0 Å². The van der Waals surface area contributed by atoms with Crippen molar-refractivity contribution in [3.8, 4) is 0 Å². The molecule has 23 heavy (non-hydrogen) atoms. The minimum absolute atomic E-state index is 0.0238. The van der Waals surface area contributed by atoms with Gasteiger partial charge in [-0.1, -0.05) is 31.2 Å². The number of benzene rings is 1. The highest BCUT2D eigenvalue weighted by Gasteiger charge is 2.29. The number of nitrogens with zero attached hydrogens (tertiary/aromatic N) is 1. The lowest BCUT2D eigenvalue weighted by atomic mass is 9.95. The van der Waals surface area contributed by atoms with Crippen molar-refractivity contribution in [3.05, 3.63) is 52.3 Å². The number of rotatable bonds is 6. The number of alkyl halides is 1. The lowest BCUT2D eigenvalue weighted by molar-refractivity contribution is 0.0987. The number of nitrogens with one attached hydrogen (secondary N) is 2. The van der Waals surface area contributed by atoms with Gasteiger partial charge in [0.2, 0.25) is 0 Å². The van der Waals surface area contributed by atoms with Gasteiger partial charge in [-0.2, -0.15) is 5.10 Å². The number of H-pyrrole nitrogens is 1. The number of Topliss-reactive ketones (excluding diaryl/α,β-unsaturated/α-hetero) is 1. The number of carbonyl (C=O) groups is 1. The smallest absolute Gasteiger partial charge is 0.187 e. The molecular formula is C18H22FN3O. The predicted octanol–water partition coefficient (Wildman–Crippen LogP) is 2.56. The molecule has 0 spiro atoms. The summed E-state index contributed by atoms with van der Waals surface area (Å²) in [5, 5.41) is 10.2. The van der Waals surface area contributed by atoms with E-state index in [4.69, 9.17) is 0 Å². The molecule has 0 amide bonds. The maximum absolute atomic E-state index is 13.3. The van der Waals surface area contributed by atoms with Crippen LogP contribution in [0.2, 0.25) is 0 Å². The summed E-state index contributed by atoms with van der Waals surface area (Å²) in [6, 6.07) is 7.78. The van der Waals surface area contributed by atoms with Gasteiger partial charge in [-0.3, -0.25) is 9.89 Å². The van der Waals surface area contributed by atoms with E-state index in [0.29, 0.717) is 25.1 Å². The van der Waals surface area contributed by atoms with Crippen LogP contribution < -0.4 is 5.32 Å². The molecule has 1 aromatic carbocycles. The number of carbonyl (C=O) groups excluding carboxylic acids is 1.